The van der Waals surface area contributed by atoms with Crippen LogP contribution in [0.15, 0.2) is 0 Å². The minimum atomic E-state index is -0.679. The van der Waals surface area contributed by atoms with Crippen molar-refractivity contribution in [1.82, 2.24) is 14.9 Å². The normalized spacial score (nSPS) is 25.7. The number of hydrogen-bond acceptors (Lipinski definition) is 8. The van der Waals surface area contributed by atoms with Crippen LogP contribution in [0.3, 0.4) is 0 Å². The Morgan fingerprint density at radius 2 is 2.17 bits per heavy atom. The van der Waals surface area contributed by atoms with Crippen molar-refractivity contribution in [2.45, 2.75) is 25.3 Å². The maximum Gasteiger partial charge on any atom is 0.448 e. The second kappa shape index (κ2) is 8.03. The number of methoxy groups -OCH3 is 1. The molecule has 2 fully saturated rings. The average molecular weight is 404 g/mol. The van der Waals surface area contributed by atoms with Gasteiger partial charge in [0.25, 0.3) is 5.88 Å². The first-order chi connectivity index (χ1) is 14.0. The maximum atomic E-state index is 12.9. The summed E-state index contributed by atoms with van der Waals surface area (Å²) in [4.78, 5) is 37.3. The molecule has 2 saturated heterocycles. The van der Waals surface area contributed by atoms with E-state index in [9.17, 15) is 9.59 Å². The predicted molar refractivity (Wildman–Crippen MR) is 103 cm³/mol. The third kappa shape index (κ3) is 3.69. The van der Waals surface area contributed by atoms with E-state index in [-0.39, 0.29) is 29.7 Å². The Morgan fingerprint density at radius 1 is 1.34 bits per heavy atom. The summed E-state index contributed by atoms with van der Waals surface area (Å²) in [6, 6.07) is -0.00560. The number of ether oxygens (including phenoxy) is 3. The average Bonchev–Trinajstić information content (AvgIpc) is 3.44. The summed E-state index contributed by atoms with van der Waals surface area (Å²) in [5, 5.41) is 0. The molecule has 29 heavy (non-hydrogen) atoms. The molecule has 10 heteroatoms. The summed E-state index contributed by atoms with van der Waals surface area (Å²) in [6.07, 6.45) is 4.78. The number of nitrogens with zero attached hydrogens (tertiary/aromatic N) is 5. The van der Waals surface area contributed by atoms with Crippen LogP contribution in [0.5, 0.6) is 5.88 Å². The summed E-state index contributed by atoms with van der Waals surface area (Å²) in [5.74, 6) is -0.168. The number of likely N-dealkylation sites (N-methyl/N-ethyl adjacent to an activating group) is 1. The summed E-state index contributed by atoms with van der Waals surface area (Å²) in [5.41, 5.74) is 0.457. The van der Waals surface area contributed by atoms with E-state index in [1.54, 1.807) is 13.3 Å². The zero-order chi connectivity index (χ0) is 20.5. The van der Waals surface area contributed by atoms with Gasteiger partial charge in [-0.3, -0.25) is 0 Å². The maximum absolute atomic E-state index is 12.9. The second-order valence-electron chi connectivity index (χ2n) is 7.59. The van der Waals surface area contributed by atoms with E-state index in [0.29, 0.717) is 31.3 Å². The number of amides is 2. The molecule has 4 rings (SSSR count). The first kappa shape index (κ1) is 19.7. The van der Waals surface area contributed by atoms with Crippen LogP contribution >= 0.6 is 0 Å². The van der Waals surface area contributed by atoms with E-state index in [0.717, 1.165) is 25.8 Å². The molecule has 0 saturated carbocycles. The van der Waals surface area contributed by atoms with Gasteiger partial charge in [-0.05, 0) is 32.9 Å². The van der Waals surface area contributed by atoms with Crippen molar-refractivity contribution in [1.29, 1.82) is 0 Å². The van der Waals surface area contributed by atoms with Gasteiger partial charge in [-0.15, -0.1) is 0 Å². The standard InChI is InChI=1S/C19H26N5O5/c1-22-7-4-5-13(22)11-29-17-14-16(20-15(21-17)18(25)27-3)24(19(26)23(14)2)9-12-6-8-28-10-12/h9,12-13H,4-8,10-11H2,1-3H3/q+1/b24-9-/t12?,13-/m0/s1. The van der Waals surface area contributed by atoms with Crippen molar-refractivity contribution in [3.8, 4) is 5.88 Å². The van der Waals surface area contributed by atoms with Crippen LogP contribution in [0.4, 0.5) is 16.3 Å². The summed E-state index contributed by atoms with van der Waals surface area (Å²) in [7, 11) is 4.97. The summed E-state index contributed by atoms with van der Waals surface area (Å²) < 4.78 is 17.7. The molecule has 2 amide bonds. The Hall–Kier alpha value is -2.59. The third-order valence-electron chi connectivity index (χ3n) is 5.67. The highest BCUT2D eigenvalue weighted by atomic mass is 16.5. The molecular weight excluding hydrogens is 378 g/mol. The van der Waals surface area contributed by atoms with Crippen molar-refractivity contribution < 1.29 is 28.4 Å². The topological polar surface area (TPSA) is 97.1 Å². The van der Waals surface area contributed by atoms with Crippen molar-refractivity contribution in [2.75, 3.05) is 52.5 Å². The Balaban J connectivity index is 1.72. The van der Waals surface area contributed by atoms with Gasteiger partial charge in [-0.1, -0.05) is 4.98 Å². The number of hydrogen-bond donors (Lipinski definition) is 0. The molecule has 1 aromatic rings. The fourth-order valence-corrected chi connectivity index (χ4v) is 3.90. The van der Waals surface area contributed by atoms with Crippen molar-refractivity contribution in [2.24, 2.45) is 5.92 Å². The SMILES string of the molecule is COC(=O)c1nc(OC[C@@H]2CCCN2C)c2c(n1)/[N+](=C/C1CCOC1)C(=O)N2C. The molecular formula is C19H26N5O5+. The van der Waals surface area contributed by atoms with Gasteiger partial charge in [0.1, 0.15) is 6.61 Å². The molecule has 3 aliphatic rings. The van der Waals surface area contributed by atoms with Crippen LogP contribution in [0.2, 0.25) is 0 Å². The number of carbonyl (C=O) groups is 2. The molecule has 1 unspecified atom stereocenters. The highest BCUT2D eigenvalue weighted by molar-refractivity contribution is 5.99. The molecule has 0 radical (unpaired) electrons. The zero-order valence-corrected chi connectivity index (χ0v) is 17.0. The quantitative estimate of drug-likeness (QED) is 0.531. The Kier molecular flexibility index (Phi) is 5.46. The lowest BCUT2D eigenvalue weighted by molar-refractivity contribution is -0.324. The van der Waals surface area contributed by atoms with Crippen LogP contribution in [0.25, 0.3) is 0 Å². The minimum absolute atomic E-state index is 0.103. The fourth-order valence-electron chi connectivity index (χ4n) is 3.90. The summed E-state index contributed by atoms with van der Waals surface area (Å²) in [6.45, 7) is 2.65. The van der Waals surface area contributed by atoms with Gasteiger partial charge in [0.15, 0.2) is 0 Å². The van der Waals surface area contributed by atoms with Gasteiger partial charge in [-0.2, -0.15) is 9.56 Å². The monoisotopic (exact) mass is 404 g/mol. The van der Waals surface area contributed by atoms with E-state index < -0.39 is 5.97 Å². The van der Waals surface area contributed by atoms with Gasteiger partial charge in [0.05, 0.1) is 27.0 Å². The molecule has 4 heterocycles. The molecule has 0 aromatic carbocycles. The smallest absolute Gasteiger partial charge is 0.448 e. The minimum Gasteiger partial charge on any atom is -0.473 e. The van der Waals surface area contributed by atoms with E-state index in [4.69, 9.17) is 14.2 Å². The van der Waals surface area contributed by atoms with Gasteiger partial charge < -0.3 is 19.1 Å². The van der Waals surface area contributed by atoms with E-state index >= 15 is 0 Å². The van der Waals surface area contributed by atoms with Gasteiger partial charge >= 0.3 is 23.6 Å². The fraction of sp³-hybridized carbons (Fsp3) is 0.632. The van der Waals surface area contributed by atoms with Gasteiger partial charge in [0, 0.05) is 18.6 Å². The molecule has 156 valence electrons. The van der Waals surface area contributed by atoms with Crippen molar-refractivity contribution in [3.05, 3.63) is 5.82 Å². The molecule has 0 N–H and O–H groups in total. The molecule has 2 atom stereocenters. The third-order valence-corrected chi connectivity index (χ3v) is 5.67. The number of fused-ring (bicyclic) bond motifs is 1. The largest absolute Gasteiger partial charge is 0.473 e. The number of rotatable bonds is 5. The van der Waals surface area contributed by atoms with Crippen LogP contribution in [-0.2, 0) is 9.47 Å². The van der Waals surface area contributed by atoms with E-state index in [1.165, 1.54) is 16.6 Å². The molecule has 0 spiro atoms. The number of esters is 1. The highest BCUT2D eigenvalue weighted by Crippen LogP contribution is 2.40. The Labute approximate surface area is 169 Å². The highest BCUT2D eigenvalue weighted by Gasteiger charge is 2.45. The van der Waals surface area contributed by atoms with Crippen molar-refractivity contribution >= 4 is 29.7 Å². The Bertz CT molecular complexity index is 852. The summed E-state index contributed by atoms with van der Waals surface area (Å²) >= 11 is 0. The van der Waals surface area contributed by atoms with Crippen LogP contribution in [0, 0.1) is 5.92 Å². The number of carbonyl (C=O) groups excluding carboxylic acids is 2. The number of likely N-dealkylation sites (tertiary alicyclic amines) is 1. The first-order valence-corrected chi connectivity index (χ1v) is 9.82. The molecule has 3 aliphatic heterocycles. The number of aromatic nitrogens is 2. The predicted octanol–water partition coefficient (Wildman–Crippen LogP) is 1.06. The lowest BCUT2D eigenvalue weighted by atomic mass is 10.1. The molecule has 10 nitrogen and oxygen atoms in total. The number of anilines is 1. The van der Waals surface area contributed by atoms with Crippen molar-refractivity contribution in [3.63, 3.8) is 0 Å². The molecule has 0 aliphatic carbocycles. The molecule has 1 aromatic heterocycles. The number of urea groups is 1. The zero-order valence-electron chi connectivity index (χ0n) is 17.0. The lowest BCUT2D eigenvalue weighted by Gasteiger charge is -2.19. The second-order valence-corrected chi connectivity index (χ2v) is 7.59. The molecule has 0 bridgehead atoms. The lowest BCUT2D eigenvalue weighted by Crippen LogP contribution is -2.31. The van der Waals surface area contributed by atoms with Crippen LogP contribution in [-0.4, -0.2) is 91.3 Å². The Morgan fingerprint density at radius 3 is 2.83 bits per heavy atom. The first-order valence-electron chi connectivity index (χ1n) is 9.82. The van der Waals surface area contributed by atoms with Gasteiger partial charge in [0.2, 0.25) is 5.69 Å². The van der Waals surface area contributed by atoms with Crippen LogP contribution < -0.4 is 9.64 Å². The van der Waals surface area contributed by atoms with Gasteiger partial charge in [-0.25, -0.2) is 14.5 Å². The van der Waals surface area contributed by atoms with E-state index in [2.05, 4.69) is 21.9 Å². The van der Waals surface area contributed by atoms with Crippen LogP contribution in [0.1, 0.15) is 29.9 Å². The van der Waals surface area contributed by atoms with E-state index in [1.807, 2.05) is 0 Å².